The minimum Gasteiger partial charge on any atom is -0.461 e. The predicted octanol–water partition coefficient (Wildman–Crippen LogP) is 3.23. The molecule has 0 aliphatic carbocycles. The Morgan fingerprint density at radius 2 is 2.09 bits per heavy atom. The van der Waals surface area contributed by atoms with Gasteiger partial charge in [-0.1, -0.05) is 19.6 Å². The van der Waals surface area contributed by atoms with Crippen LogP contribution in [0.25, 0.3) is 11.0 Å². The fourth-order valence-electron chi connectivity index (χ4n) is 2.13. The number of hydrogen-bond donors (Lipinski definition) is 0. The highest BCUT2D eigenvalue weighted by molar-refractivity contribution is 6.76. The van der Waals surface area contributed by atoms with E-state index in [2.05, 4.69) is 29.7 Å². The number of aryl methyl sites for hydroxylation is 1. The average molecular weight is 335 g/mol. The Bertz CT molecular complexity index is 692. The molecule has 0 amide bonds. The number of carbonyl (C=O) groups is 1. The zero-order chi connectivity index (χ0) is 17.0. The molecule has 0 N–H and O–H groups in total. The van der Waals surface area contributed by atoms with Crippen molar-refractivity contribution in [3.63, 3.8) is 0 Å². The molecule has 0 fully saturated rings. The molecule has 2 aromatic rings. The lowest BCUT2D eigenvalue weighted by molar-refractivity contribution is 0.0513. The van der Waals surface area contributed by atoms with E-state index in [1.165, 1.54) is 0 Å². The third-order valence-electron chi connectivity index (χ3n) is 3.40. The quantitative estimate of drug-likeness (QED) is 0.441. The molecular formula is C16H25N3O3Si. The van der Waals surface area contributed by atoms with Crippen molar-refractivity contribution in [1.82, 2.24) is 14.8 Å². The fraction of sp³-hybridized carbons (Fsp3) is 0.562. The number of nitrogens with zero attached hydrogens (tertiary/aromatic N) is 3. The van der Waals surface area contributed by atoms with Gasteiger partial charge in [-0.25, -0.2) is 14.5 Å². The Morgan fingerprint density at radius 1 is 1.35 bits per heavy atom. The topological polar surface area (TPSA) is 66.2 Å². The molecule has 2 aromatic heterocycles. The number of aromatic nitrogens is 3. The zero-order valence-corrected chi connectivity index (χ0v) is 15.5. The molecule has 0 aliphatic heterocycles. The SMILES string of the molecule is CCOC(=O)c1nn(COCC[Si](C)(C)C)c2ncc(C)cc12. The summed E-state index contributed by atoms with van der Waals surface area (Å²) >= 11 is 0. The Labute approximate surface area is 137 Å². The summed E-state index contributed by atoms with van der Waals surface area (Å²) in [7, 11) is -1.12. The van der Waals surface area contributed by atoms with Crippen molar-refractivity contribution in [3.05, 3.63) is 23.5 Å². The van der Waals surface area contributed by atoms with Crippen LogP contribution in [0.15, 0.2) is 12.3 Å². The van der Waals surface area contributed by atoms with E-state index in [1.54, 1.807) is 17.8 Å². The molecule has 6 nitrogen and oxygen atoms in total. The van der Waals surface area contributed by atoms with Crippen LogP contribution < -0.4 is 0 Å². The van der Waals surface area contributed by atoms with Crippen LogP contribution in [0, 0.1) is 6.92 Å². The first-order chi connectivity index (χ1) is 10.8. The van der Waals surface area contributed by atoms with Crippen LogP contribution in [-0.2, 0) is 16.2 Å². The summed E-state index contributed by atoms with van der Waals surface area (Å²) in [5.74, 6) is -0.425. The predicted molar refractivity (Wildman–Crippen MR) is 92.3 cm³/mol. The van der Waals surface area contributed by atoms with Gasteiger partial charge in [0.15, 0.2) is 11.3 Å². The summed E-state index contributed by atoms with van der Waals surface area (Å²) in [4.78, 5) is 16.5. The van der Waals surface area contributed by atoms with Crippen LogP contribution >= 0.6 is 0 Å². The van der Waals surface area contributed by atoms with Crippen LogP contribution in [-0.4, -0.2) is 42.0 Å². The smallest absolute Gasteiger partial charge is 0.359 e. The zero-order valence-electron chi connectivity index (χ0n) is 14.5. The molecular weight excluding hydrogens is 310 g/mol. The molecule has 0 bridgehead atoms. The second-order valence-electron chi connectivity index (χ2n) is 6.80. The van der Waals surface area contributed by atoms with Gasteiger partial charge in [-0.3, -0.25) is 0 Å². The van der Waals surface area contributed by atoms with Gasteiger partial charge in [-0.2, -0.15) is 5.10 Å². The Kier molecular flexibility index (Phi) is 5.54. The van der Waals surface area contributed by atoms with Crippen LogP contribution in [0.2, 0.25) is 25.7 Å². The number of esters is 1. The maximum atomic E-state index is 12.1. The molecule has 0 aromatic carbocycles. The first kappa shape index (κ1) is 17.6. The summed E-state index contributed by atoms with van der Waals surface area (Å²) < 4.78 is 12.4. The molecule has 23 heavy (non-hydrogen) atoms. The summed E-state index contributed by atoms with van der Waals surface area (Å²) in [6.07, 6.45) is 1.76. The molecule has 2 heterocycles. The molecule has 0 spiro atoms. The molecule has 7 heteroatoms. The highest BCUT2D eigenvalue weighted by atomic mass is 28.3. The third-order valence-corrected chi connectivity index (χ3v) is 5.11. The van der Waals surface area contributed by atoms with E-state index >= 15 is 0 Å². The van der Waals surface area contributed by atoms with Gasteiger partial charge in [0, 0.05) is 20.9 Å². The molecule has 0 saturated heterocycles. The second-order valence-corrected chi connectivity index (χ2v) is 12.4. The highest BCUT2D eigenvalue weighted by Crippen LogP contribution is 2.19. The standard InChI is InChI=1S/C16H25N3O3Si/c1-6-22-16(20)14-13-9-12(2)10-17-15(13)19(18-14)11-21-7-8-23(3,4)5/h9-10H,6-8,11H2,1-5H3. The monoisotopic (exact) mass is 335 g/mol. The van der Waals surface area contributed by atoms with Crippen LogP contribution in [0.1, 0.15) is 23.0 Å². The van der Waals surface area contributed by atoms with E-state index in [-0.39, 0.29) is 6.73 Å². The van der Waals surface area contributed by atoms with E-state index in [0.29, 0.717) is 29.9 Å². The number of ether oxygens (including phenoxy) is 2. The molecule has 0 saturated carbocycles. The van der Waals surface area contributed by atoms with Crippen LogP contribution in [0.3, 0.4) is 0 Å². The summed E-state index contributed by atoms with van der Waals surface area (Å²) in [6, 6.07) is 2.99. The van der Waals surface area contributed by atoms with Gasteiger partial charge < -0.3 is 9.47 Å². The van der Waals surface area contributed by atoms with Crippen molar-refractivity contribution in [1.29, 1.82) is 0 Å². The first-order valence-electron chi connectivity index (χ1n) is 7.90. The van der Waals surface area contributed by atoms with Crippen LogP contribution in [0.5, 0.6) is 0 Å². The van der Waals surface area contributed by atoms with Crippen LogP contribution in [0.4, 0.5) is 0 Å². The van der Waals surface area contributed by atoms with Gasteiger partial charge in [0.05, 0.1) is 12.0 Å². The minimum atomic E-state index is -1.12. The maximum absolute atomic E-state index is 12.1. The van der Waals surface area contributed by atoms with Gasteiger partial charge in [-0.15, -0.1) is 0 Å². The average Bonchev–Trinajstić information content (AvgIpc) is 2.81. The first-order valence-corrected chi connectivity index (χ1v) is 11.6. The van der Waals surface area contributed by atoms with Crippen molar-refractivity contribution in [3.8, 4) is 0 Å². The van der Waals surface area contributed by atoms with Gasteiger partial charge in [0.25, 0.3) is 0 Å². The van der Waals surface area contributed by atoms with Crippen molar-refractivity contribution in [2.24, 2.45) is 0 Å². The molecule has 2 rings (SSSR count). The molecule has 0 radical (unpaired) electrons. The largest absolute Gasteiger partial charge is 0.461 e. The molecule has 0 unspecified atom stereocenters. The Morgan fingerprint density at radius 3 is 2.74 bits per heavy atom. The second kappa shape index (κ2) is 7.23. The van der Waals surface area contributed by atoms with E-state index in [0.717, 1.165) is 11.6 Å². The van der Waals surface area contributed by atoms with Gasteiger partial charge in [0.1, 0.15) is 6.73 Å². The van der Waals surface area contributed by atoms with Gasteiger partial charge >= 0.3 is 5.97 Å². The highest BCUT2D eigenvalue weighted by Gasteiger charge is 2.19. The van der Waals surface area contributed by atoms with Crippen molar-refractivity contribution >= 4 is 25.1 Å². The van der Waals surface area contributed by atoms with Crippen molar-refractivity contribution in [2.45, 2.75) is 46.3 Å². The van der Waals surface area contributed by atoms with E-state index in [4.69, 9.17) is 9.47 Å². The van der Waals surface area contributed by atoms with Gasteiger partial charge in [-0.05, 0) is 31.5 Å². The Balaban J connectivity index is 2.21. The van der Waals surface area contributed by atoms with E-state index in [1.807, 2.05) is 13.0 Å². The number of hydrogen-bond acceptors (Lipinski definition) is 5. The summed E-state index contributed by atoms with van der Waals surface area (Å²) in [5.41, 5.74) is 1.92. The lowest BCUT2D eigenvalue weighted by atomic mass is 10.2. The lowest BCUT2D eigenvalue weighted by Gasteiger charge is -2.15. The summed E-state index contributed by atoms with van der Waals surface area (Å²) in [5, 5.41) is 5.05. The third kappa shape index (κ3) is 4.62. The van der Waals surface area contributed by atoms with E-state index in [9.17, 15) is 4.79 Å². The minimum absolute atomic E-state index is 0.288. The van der Waals surface area contributed by atoms with Crippen molar-refractivity contribution in [2.75, 3.05) is 13.2 Å². The number of pyridine rings is 1. The summed E-state index contributed by atoms with van der Waals surface area (Å²) in [6.45, 7) is 11.9. The van der Waals surface area contributed by atoms with Gasteiger partial charge in [0.2, 0.25) is 0 Å². The lowest BCUT2D eigenvalue weighted by Crippen LogP contribution is -2.22. The fourth-order valence-corrected chi connectivity index (χ4v) is 2.89. The number of carbonyl (C=O) groups excluding carboxylic acids is 1. The van der Waals surface area contributed by atoms with Crippen molar-refractivity contribution < 1.29 is 14.3 Å². The normalized spacial score (nSPS) is 11.9. The Hall–Kier alpha value is -1.73. The molecule has 0 atom stereocenters. The van der Waals surface area contributed by atoms with E-state index < -0.39 is 14.0 Å². The maximum Gasteiger partial charge on any atom is 0.359 e. The number of rotatable bonds is 7. The molecule has 126 valence electrons. The molecule has 0 aliphatic rings. The number of fused-ring (bicyclic) bond motifs is 1.